The van der Waals surface area contributed by atoms with E-state index >= 15 is 0 Å². The maximum atomic E-state index is 5.42. The van der Waals surface area contributed by atoms with Crippen molar-refractivity contribution in [2.75, 3.05) is 37.4 Å². The number of anilines is 2. The van der Waals surface area contributed by atoms with E-state index < -0.39 is 0 Å². The van der Waals surface area contributed by atoms with Crippen LogP contribution in [0.3, 0.4) is 0 Å². The molecule has 0 spiro atoms. The van der Waals surface area contributed by atoms with Crippen molar-refractivity contribution < 1.29 is 9.47 Å². The molecule has 0 bridgehead atoms. The van der Waals surface area contributed by atoms with Crippen molar-refractivity contribution >= 4 is 11.9 Å². The van der Waals surface area contributed by atoms with Crippen LogP contribution in [0.2, 0.25) is 0 Å². The normalized spacial score (nSPS) is 10.5. The number of aromatic nitrogens is 3. The highest BCUT2D eigenvalue weighted by Crippen LogP contribution is 2.10. The van der Waals surface area contributed by atoms with Crippen molar-refractivity contribution in [3.05, 3.63) is 0 Å². The quantitative estimate of drug-likeness (QED) is 0.674. The summed E-state index contributed by atoms with van der Waals surface area (Å²) in [5, 5.41) is 5.93. The summed E-state index contributed by atoms with van der Waals surface area (Å²) in [6.45, 7) is 7.62. The molecule has 7 heteroatoms. The van der Waals surface area contributed by atoms with E-state index in [1.54, 1.807) is 7.05 Å². The van der Waals surface area contributed by atoms with Gasteiger partial charge in [-0.25, -0.2) is 0 Å². The molecule has 0 saturated carbocycles. The molecule has 1 aromatic rings. The second kappa shape index (κ2) is 7.65. The summed E-state index contributed by atoms with van der Waals surface area (Å²) in [6, 6.07) is 0.309. The third-order valence-corrected chi connectivity index (χ3v) is 1.95. The molecule has 0 aliphatic carbocycles. The molecule has 0 saturated heterocycles. The van der Waals surface area contributed by atoms with Crippen LogP contribution < -0.4 is 15.4 Å². The lowest BCUT2D eigenvalue weighted by Crippen LogP contribution is -2.15. The van der Waals surface area contributed by atoms with Crippen LogP contribution in [0.25, 0.3) is 0 Å². The topological polar surface area (TPSA) is 81.2 Å². The molecule has 0 atom stereocenters. The maximum Gasteiger partial charge on any atom is 0.323 e. The van der Waals surface area contributed by atoms with Gasteiger partial charge < -0.3 is 20.1 Å². The fourth-order valence-corrected chi connectivity index (χ4v) is 1.20. The summed E-state index contributed by atoms with van der Waals surface area (Å²) in [7, 11) is 1.75. The Bertz CT molecular complexity index is 359. The zero-order valence-electron chi connectivity index (χ0n) is 11.4. The highest BCUT2D eigenvalue weighted by atomic mass is 16.5. The van der Waals surface area contributed by atoms with Gasteiger partial charge in [0.25, 0.3) is 0 Å². The van der Waals surface area contributed by atoms with E-state index in [1.165, 1.54) is 0 Å². The fourth-order valence-electron chi connectivity index (χ4n) is 1.20. The Morgan fingerprint density at radius 1 is 1.17 bits per heavy atom. The number of hydrogen-bond acceptors (Lipinski definition) is 7. The SMILES string of the molecule is CCOc1nc(NC)nc(NCCOC(C)C)n1. The van der Waals surface area contributed by atoms with E-state index in [-0.39, 0.29) is 6.10 Å². The largest absolute Gasteiger partial charge is 0.464 e. The number of ether oxygens (including phenoxy) is 2. The van der Waals surface area contributed by atoms with Crippen LogP contribution in [0.15, 0.2) is 0 Å². The van der Waals surface area contributed by atoms with E-state index in [2.05, 4.69) is 25.6 Å². The lowest BCUT2D eigenvalue weighted by Gasteiger charge is -2.10. The van der Waals surface area contributed by atoms with Crippen LogP contribution >= 0.6 is 0 Å². The predicted octanol–water partition coefficient (Wildman–Crippen LogP) is 1.15. The van der Waals surface area contributed by atoms with Gasteiger partial charge in [0.05, 0.1) is 19.3 Å². The molecule has 0 aromatic carbocycles. The lowest BCUT2D eigenvalue weighted by molar-refractivity contribution is 0.0869. The maximum absolute atomic E-state index is 5.42. The van der Waals surface area contributed by atoms with E-state index in [9.17, 15) is 0 Å². The average molecular weight is 255 g/mol. The number of rotatable bonds is 8. The summed E-state index contributed by atoms with van der Waals surface area (Å²) in [5.74, 6) is 0.950. The van der Waals surface area contributed by atoms with Gasteiger partial charge in [0.1, 0.15) is 0 Å². The molecule has 0 unspecified atom stereocenters. The van der Waals surface area contributed by atoms with Gasteiger partial charge in [0, 0.05) is 13.6 Å². The average Bonchev–Trinajstić information content (AvgIpc) is 2.34. The van der Waals surface area contributed by atoms with Crippen LogP contribution in [0.1, 0.15) is 20.8 Å². The molecular weight excluding hydrogens is 234 g/mol. The summed E-state index contributed by atoms with van der Waals surface area (Å²) >= 11 is 0. The molecule has 0 radical (unpaired) electrons. The highest BCUT2D eigenvalue weighted by Gasteiger charge is 2.05. The zero-order valence-corrected chi connectivity index (χ0v) is 11.4. The lowest BCUT2D eigenvalue weighted by atomic mass is 10.5. The minimum Gasteiger partial charge on any atom is -0.464 e. The Hall–Kier alpha value is -1.63. The van der Waals surface area contributed by atoms with E-state index in [0.717, 1.165) is 0 Å². The molecule has 0 aliphatic heterocycles. The Balaban J connectivity index is 2.55. The van der Waals surface area contributed by atoms with E-state index in [0.29, 0.717) is 37.7 Å². The molecule has 1 rings (SSSR count). The second-order valence-corrected chi connectivity index (χ2v) is 3.79. The summed E-state index contributed by atoms with van der Waals surface area (Å²) < 4.78 is 10.7. The molecule has 0 aliphatic rings. The first-order valence-electron chi connectivity index (χ1n) is 6.07. The third kappa shape index (κ3) is 5.13. The first kappa shape index (κ1) is 14.4. The van der Waals surface area contributed by atoms with Gasteiger partial charge in [0.2, 0.25) is 11.9 Å². The number of nitrogens with zero attached hydrogens (tertiary/aromatic N) is 3. The summed E-state index contributed by atoms with van der Waals surface area (Å²) in [6.07, 6.45) is 0.219. The van der Waals surface area contributed by atoms with Crippen molar-refractivity contribution in [3.63, 3.8) is 0 Å². The molecule has 0 amide bonds. The van der Waals surface area contributed by atoms with Crippen molar-refractivity contribution in [1.82, 2.24) is 15.0 Å². The van der Waals surface area contributed by atoms with E-state index in [4.69, 9.17) is 9.47 Å². The Labute approximate surface area is 107 Å². The standard InChI is InChI=1S/C11H21N5O2/c1-5-17-11-15-9(12-4)14-10(16-11)13-6-7-18-8(2)3/h8H,5-7H2,1-4H3,(H2,12,13,14,15,16). The van der Waals surface area contributed by atoms with Crippen LogP contribution in [0.5, 0.6) is 6.01 Å². The van der Waals surface area contributed by atoms with Crippen molar-refractivity contribution in [3.8, 4) is 6.01 Å². The van der Waals surface area contributed by atoms with Gasteiger partial charge in [-0.3, -0.25) is 0 Å². The summed E-state index contributed by atoms with van der Waals surface area (Å²) in [4.78, 5) is 12.4. The molecule has 0 fully saturated rings. The van der Waals surface area contributed by atoms with Gasteiger partial charge in [-0.2, -0.15) is 15.0 Å². The number of hydrogen-bond donors (Lipinski definition) is 2. The molecule has 102 valence electrons. The number of nitrogens with one attached hydrogen (secondary N) is 2. The van der Waals surface area contributed by atoms with Crippen LogP contribution in [-0.2, 0) is 4.74 Å². The molecular formula is C11H21N5O2. The zero-order chi connectivity index (χ0) is 13.4. The van der Waals surface area contributed by atoms with Crippen LogP contribution in [0.4, 0.5) is 11.9 Å². The molecule has 1 heterocycles. The van der Waals surface area contributed by atoms with Crippen LogP contribution in [-0.4, -0.2) is 47.9 Å². The third-order valence-electron chi connectivity index (χ3n) is 1.95. The van der Waals surface area contributed by atoms with Crippen molar-refractivity contribution in [2.24, 2.45) is 0 Å². The first-order valence-corrected chi connectivity index (χ1v) is 6.07. The van der Waals surface area contributed by atoms with Gasteiger partial charge >= 0.3 is 6.01 Å². The van der Waals surface area contributed by atoms with Crippen LogP contribution in [0, 0.1) is 0 Å². The smallest absolute Gasteiger partial charge is 0.323 e. The highest BCUT2D eigenvalue weighted by molar-refractivity contribution is 5.35. The Morgan fingerprint density at radius 3 is 2.50 bits per heavy atom. The second-order valence-electron chi connectivity index (χ2n) is 3.79. The monoisotopic (exact) mass is 255 g/mol. The van der Waals surface area contributed by atoms with Gasteiger partial charge in [-0.05, 0) is 20.8 Å². The Kier molecular flexibility index (Phi) is 6.13. The minimum absolute atomic E-state index is 0.219. The molecule has 7 nitrogen and oxygen atoms in total. The molecule has 2 N–H and O–H groups in total. The van der Waals surface area contributed by atoms with Crippen molar-refractivity contribution in [2.45, 2.75) is 26.9 Å². The van der Waals surface area contributed by atoms with Gasteiger partial charge in [-0.15, -0.1) is 0 Å². The molecule has 1 aromatic heterocycles. The molecule has 18 heavy (non-hydrogen) atoms. The van der Waals surface area contributed by atoms with Gasteiger partial charge in [-0.1, -0.05) is 0 Å². The first-order chi connectivity index (χ1) is 8.65. The Morgan fingerprint density at radius 2 is 1.89 bits per heavy atom. The van der Waals surface area contributed by atoms with Crippen molar-refractivity contribution in [1.29, 1.82) is 0 Å². The van der Waals surface area contributed by atoms with E-state index in [1.807, 2.05) is 20.8 Å². The van der Waals surface area contributed by atoms with Gasteiger partial charge in [0.15, 0.2) is 0 Å². The summed E-state index contributed by atoms with van der Waals surface area (Å²) in [5.41, 5.74) is 0. The minimum atomic E-state index is 0.219. The fraction of sp³-hybridized carbons (Fsp3) is 0.727. The predicted molar refractivity (Wildman–Crippen MR) is 70.1 cm³/mol.